The molecule has 0 saturated heterocycles. The predicted octanol–water partition coefficient (Wildman–Crippen LogP) is 5.74. The molecule has 2 amide bonds. The molecule has 1 aromatic heterocycles. The largest absolute Gasteiger partial charge is 0.496 e. The van der Waals surface area contributed by atoms with Gasteiger partial charge in [-0.1, -0.05) is 71.8 Å². The van der Waals surface area contributed by atoms with E-state index in [0.717, 1.165) is 36.9 Å². The Labute approximate surface area is 251 Å². The zero-order chi connectivity index (χ0) is 30.5. The number of nitrogens with zero attached hydrogens (tertiary/aromatic N) is 2. The molecule has 1 aliphatic rings. The van der Waals surface area contributed by atoms with Crippen LogP contribution in [0.3, 0.4) is 0 Å². The fraction of sp³-hybridized carbons (Fsp3) is 0.667. The van der Waals surface area contributed by atoms with E-state index in [1.165, 1.54) is 32.1 Å². The van der Waals surface area contributed by atoms with Crippen LogP contribution in [0.4, 0.5) is 0 Å². The zero-order valence-electron chi connectivity index (χ0n) is 26.3. The first-order chi connectivity index (χ1) is 20.3. The number of amides is 2. The van der Waals surface area contributed by atoms with Crippen molar-refractivity contribution in [3.05, 3.63) is 30.0 Å². The standard InChI is InChI=1S/C33H52N4O5/c1-6-23(7-2)22-37-28(32-29(41-4)15-12-16-30(32)42-5)20-27(36-37)33(40)35-25(18-17-24-13-10-9-11-14-24)19-31(39)34-21-26(38)8-3/h12,15-16,20,23-26,38H,6-11,13-14,17-19,21-22H2,1-5H3,(H,34,39)(H,35,40)/t25-,26+/m0/s1. The number of benzene rings is 1. The van der Waals surface area contributed by atoms with Crippen molar-refractivity contribution in [3.8, 4) is 22.8 Å². The SMILES string of the molecule is CCC(CC)Cn1nc(C(=O)N[C@@H](CCC2CCCCC2)CC(=O)NC[C@H](O)CC)cc1-c1c(OC)cccc1OC. The van der Waals surface area contributed by atoms with Crippen LogP contribution in [-0.4, -0.2) is 59.6 Å². The maximum atomic E-state index is 13.7. The van der Waals surface area contributed by atoms with Gasteiger partial charge < -0.3 is 25.2 Å². The second-order valence-corrected chi connectivity index (χ2v) is 11.6. The number of aromatic nitrogens is 2. The molecule has 1 saturated carbocycles. The summed E-state index contributed by atoms with van der Waals surface area (Å²) in [7, 11) is 3.24. The Morgan fingerprint density at radius 3 is 2.31 bits per heavy atom. The first-order valence-corrected chi connectivity index (χ1v) is 15.9. The molecule has 0 spiro atoms. The fourth-order valence-corrected chi connectivity index (χ4v) is 5.83. The Balaban J connectivity index is 1.87. The highest BCUT2D eigenvalue weighted by Crippen LogP contribution is 2.39. The van der Waals surface area contributed by atoms with Gasteiger partial charge in [0.25, 0.3) is 5.91 Å². The minimum absolute atomic E-state index is 0.163. The number of ether oxygens (including phenoxy) is 2. The summed E-state index contributed by atoms with van der Waals surface area (Å²) in [6.45, 7) is 7.07. The highest BCUT2D eigenvalue weighted by Gasteiger charge is 2.25. The second kappa shape index (κ2) is 17.1. The van der Waals surface area contributed by atoms with Gasteiger partial charge >= 0.3 is 0 Å². The monoisotopic (exact) mass is 584 g/mol. The second-order valence-electron chi connectivity index (χ2n) is 11.6. The number of aliphatic hydroxyl groups is 1. The maximum Gasteiger partial charge on any atom is 0.272 e. The Morgan fingerprint density at radius 1 is 1.05 bits per heavy atom. The minimum atomic E-state index is -0.575. The highest BCUT2D eigenvalue weighted by atomic mass is 16.5. The molecule has 0 bridgehead atoms. The van der Waals surface area contributed by atoms with Gasteiger partial charge in [0, 0.05) is 25.6 Å². The van der Waals surface area contributed by atoms with E-state index in [9.17, 15) is 14.7 Å². The highest BCUT2D eigenvalue weighted by molar-refractivity contribution is 5.94. The molecule has 1 aromatic carbocycles. The molecule has 0 aliphatic heterocycles. The number of hydrogen-bond acceptors (Lipinski definition) is 6. The van der Waals surface area contributed by atoms with Crippen molar-refractivity contribution in [1.29, 1.82) is 0 Å². The Bertz CT molecular complexity index is 1100. The van der Waals surface area contributed by atoms with Crippen LogP contribution in [0.2, 0.25) is 0 Å². The molecule has 234 valence electrons. The molecule has 0 unspecified atom stereocenters. The smallest absolute Gasteiger partial charge is 0.272 e. The maximum absolute atomic E-state index is 13.7. The molecule has 3 rings (SSSR count). The lowest BCUT2D eigenvalue weighted by Gasteiger charge is -2.24. The lowest BCUT2D eigenvalue weighted by Crippen LogP contribution is -2.41. The quantitative estimate of drug-likeness (QED) is 0.219. The normalized spacial score (nSPS) is 15.3. The lowest BCUT2D eigenvalue weighted by atomic mass is 9.85. The third-order valence-corrected chi connectivity index (χ3v) is 8.70. The number of carbonyl (C=O) groups is 2. The summed E-state index contributed by atoms with van der Waals surface area (Å²) in [6.07, 6.45) is 10.0. The van der Waals surface area contributed by atoms with Gasteiger partial charge in [0.2, 0.25) is 5.91 Å². The van der Waals surface area contributed by atoms with Gasteiger partial charge in [-0.05, 0) is 49.3 Å². The van der Waals surface area contributed by atoms with Crippen LogP contribution in [0, 0.1) is 11.8 Å². The summed E-state index contributed by atoms with van der Waals surface area (Å²) in [5, 5.41) is 20.6. The molecule has 9 heteroatoms. The zero-order valence-corrected chi connectivity index (χ0v) is 26.3. The van der Waals surface area contributed by atoms with Crippen LogP contribution in [-0.2, 0) is 11.3 Å². The number of aliphatic hydroxyl groups excluding tert-OH is 1. The number of rotatable bonds is 17. The summed E-state index contributed by atoms with van der Waals surface area (Å²) in [6, 6.07) is 7.10. The van der Waals surface area contributed by atoms with Crippen LogP contribution in [0.25, 0.3) is 11.3 Å². The first-order valence-electron chi connectivity index (χ1n) is 15.9. The third-order valence-electron chi connectivity index (χ3n) is 8.70. The average molecular weight is 585 g/mol. The summed E-state index contributed by atoms with van der Waals surface area (Å²) in [5.74, 6) is 1.84. The van der Waals surface area contributed by atoms with Crippen LogP contribution >= 0.6 is 0 Å². The molecule has 0 radical (unpaired) electrons. The summed E-state index contributed by atoms with van der Waals surface area (Å²) in [5.41, 5.74) is 1.81. The van der Waals surface area contributed by atoms with E-state index >= 15 is 0 Å². The Hall–Kier alpha value is -3.07. The van der Waals surface area contributed by atoms with E-state index in [2.05, 4.69) is 24.5 Å². The lowest BCUT2D eigenvalue weighted by molar-refractivity contribution is -0.122. The van der Waals surface area contributed by atoms with Gasteiger partial charge in [-0.15, -0.1) is 0 Å². The molecule has 42 heavy (non-hydrogen) atoms. The summed E-state index contributed by atoms with van der Waals surface area (Å²) >= 11 is 0. The van der Waals surface area contributed by atoms with E-state index in [4.69, 9.17) is 14.6 Å². The topological polar surface area (TPSA) is 115 Å². The number of methoxy groups -OCH3 is 2. The van der Waals surface area contributed by atoms with Crippen molar-refractivity contribution in [2.24, 2.45) is 11.8 Å². The predicted molar refractivity (Wildman–Crippen MR) is 166 cm³/mol. The van der Waals surface area contributed by atoms with Crippen molar-refractivity contribution in [2.75, 3.05) is 20.8 Å². The van der Waals surface area contributed by atoms with Crippen molar-refractivity contribution in [2.45, 2.75) is 110 Å². The number of nitrogens with one attached hydrogen (secondary N) is 2. The fourth-order valence-electron chi connectivity index (χ4n) is 5.83. The molecular formula is C33H52N4O5. The van der Waals surface area contributed by atoms with E-state index in [0.29, 0.717) is 42.0 Å². The molecule has 3 N–H and O–H groups in total. The van der Waals surface area contributed by atoms with E-state index in [1.807, 2.05) is 29.8 Å². The van der Waals surface area contributed by atoms with Gasteiger partial charge in [-0.2, -0.15) is 5.10 Å². The van der Waals surface area contributed by atoms with Crippen molar-refractivity contribution in [1.82, 2.24) is 20.4 Å². The molecule has 9 nitrogen and oxygen atoms in total. The van der Waals surface area contributed by atoms with Crippen LogP contribution in [0.15, 0.2) is 24.3 Å². The summed E-state index contributed by atoms with van der Waals surface area (Å²) in [4.78, 5) is 26.5. The van der Waals surface area contributed by atoms with Crippen molar-refractivity contribution in [3.63, 3.8) is 0 Å². The van der Waals surface area contributed by atoms with Crippen LogP contribution in [0.1, 0.15) is 102 Å². The van der Waals surface area contributed by atoms with Gasteiger partial charge in [-0.25, -0.2) is 0 Å². The van der Waals surface area contributed by atoms with Gasteiger partial charge in [0.15, 0.2) is 5.69 Å². The van der Waals surface area contributed by atoms with Crippen molar-refractivity contribution >= 4 is 11.8 Å². The first kappa shape index (κ1) is 33.4. The Kier molecular flexibility index (Phi) is 13.6. The summed E-state index contributed by atoms with van der Waals surface area (Å²) < 4.78 is 13.3. The molecule has 2 atom stereocenters. The van der Waals surface area contributed by atoms with Gasteiger partial charge in [0.1, 0.15) is 11.5 Å². The van der Waals surface area contributed by atoms with Crippen LogP contribution in [0.5, 0.6) is 11.5 Å². The van der Waals surface area contributed by atoms with Gasteiger partial charge in [0.05, 0.1) is 31.6 Å². The van der Waals surface area contributed by atoms with Crippen molar-refractivity contribution < 1.29 is 24.2 Å². The average Bonchev–Trinajstić information content (AvgIpc) is 3.44. The molecule has 1 fully saturated rings. The van der Waals surface area contributed by atoms with Crippen LogP contribution < -0.4 is 20.1 Å². The minimum Gasteiger partial charge on any atom is -0.496 e. The van der Waals surface area contributed by atoms with E-state index in [1.54, 1.807) is 20.3 Å². The molecule has 1 aliphatic carbocycles. The van der Waals surface area contributed by atoms with E-state index in [-0.39, 0.29) is 30.8 Å². The number of carbonyl (C=O) groups excluding carboxylic acids is 2. The third kappa shape index (κ3) is 9.48. The number of hydrogen-bond donors (Lipinski definition) is 3. The molecule has 1 heterocycles. The molecule has 2 aromatic rings. The Morgan fingerprint density at radius 2 is 1.71 bits per heavy atom. The van der Waals surface area contributed by atoms with E-state index < -0.39 is 6.10 Å². The molecular weight excluding hydrogens is 532 g/mol. The van der Waals surface area contributed by atoms with Gasteiger partial charge in [-0.3, -0.25) is 14.3 Å².